The third-order valence-electron chi connectivity index (χ3n) is 3.38. The number of nitrogens with one attached hydrogen (secondary N) is 1. The van der Waals surface area contributed by atoms with Gasteiger partial charge in [0.1, 0.15) is 5.75 Å². The number of para-hydroxylation sites is 1. The molecule has 0 aliphatic heterocycles. The molecule has 0 spiro atoms. The SMILES string of the molecule is COc1ccccc1/C(C)=C/C(=O)Nc1cccc(CSC)c1. The first-order valence-electron chi connectivity index (χ1n) is 7.34. The van der Waals surface area contributed by atoms with Crippen molar-refractivity contribution in [2.75, 3.05) is 18.7 Å². The van der Waals surface area contributed by atoms with Crippen LogP contribution in [0, 0.1) is 0 Å². The Labute approximate surface area is 141 Å². The van der Waals surface area contributed by atoms with Gasteiger partial charge in [-0.15, -0.1) is 0 Å². The second-order valence-corrected chi connectivity index (χ2v) is 6.02. The van der Waals surface area contributed by atoms with Crippen molar-refractivity contribution in [2.45, 2.75) is 12.7 Å². The van der Waals surface area contributed by atoms with Gasteiger partial charge in [0.15, 0.2) is 0 Å². The predicted molar refractivity (Wildman–Crippen MR) is 98.9 cm³/mol. The van der Waals surface area contributed by atoms with Gasteiger partial charge in [0.25, 0.3) is 0 Å². The Hall–Kier alpha value is -2.20. The van der Waals surface area contributed by atoms with Crippen molar-refractivity contribution < 1.29 is 9.53 Å². The fourth-order valence-electron chi connectivity index (χ4n) is 2.33. The summed E-state index contributed by atoms with van der Waals surface area (Å²) in [5.74, 6) is 1.55. The first kappa shape index (κ1) is 17.2. The molecule has 3 nitrogen and oxygen atoms in total. The fraction of sp³-hybridized carbons (Fsp3) is 0.211. The molecule has 2 aromatic carbocycles. The van der Waals surface area contributed by atoms with Crippen LogP contribution in [0.1, 0.15) is 18.1 Å². The number of methoxy groups -OCH3 is 1. The number of anilines is 1. The normalized spacial score (nSPS) is 11.2. The molecule has 0 atom stereocenters. The minimum atomic E-state index is -0.144. The highest BCUT2D eigenvalue weighted by molar-refractivity contribution is 7.97. The number of carbonyl (C=O) groups excluding carboxylic acids is 1. The zero-order valence-corrected chi connectivity index (χ0v) is 14.4. The topological polar surface area (TPSA) is 38.3 Å². The van der Waals surface area contributed by atoms with Gasteiger partial charge in [-0.2, -0.15) is 11.8 Å². The van der Waals surface area contributed by atoms with Crippen LogP contribution in [0.15, 0.2) is 54.6 Å². The van der Waals surface area contributed by atoms with Crippen molar-refractivity contribution in [1.82, 2.24) is 0 Å². The van der Waals surface area contributed by atoms with Crippen LogP contribution in [0.5, 0.6) is 5.75 Å². The van der Waals surface area contributed by atoms with Crippen molar-refractivity contribution in [3.63, 3.8) is 0 Å². The summed E-state index contributed by atoms with van der Waals surface area (Å²) in [5, 5.41) is 2.91. The summed E-state index contributed by atoms with van der Waals surface area (Å²) in [7, 11) is 1.63. The highest BCUT2D eigenvalue weighted by Gasteiger charge is 2.06. The van der Waals surface area contributed by atoms with Crippen molar-refractivity contribution in [1.29, 1.82) is 0 Å². The van der Waals surface area contributed by atoms with E-state index in [1.54, 1.807) is 24.9 Å². The Balaban J connectivity index is 2.13. The Morgan fingerprint density at radius 3 is 2.74 bits per heavy atom. The van der Waals surface area contributed by atoms with Crippen LogP contribution in [-0.2, 0) is 10.5 Å². The van der Waals surface area contributed by atoms with E-state index in [1.165, 1.54) is 5.56 Å². The van der Waals surface area contributed by atoms with Crippen molar-refractivity contribution >= 4 is 28.9 Å². The zero-order valence-electron chi connectivity index (χ0n) is 13.6. The highest BCUT2D eigenvalue weighted by Crippen LogP contribution is 2.25. The first-order valence-corrected chi connectivity index (χ1v) is 8.74. The molecule has 0 aliphatic rings. The summed E-state index contributed by atoms with van der Waals surface area (Å²) in [4.78, 5) is 12.2. The third kappa shape index (κ3) is 4.89. The maximum absolute atomic E-state index is 12.2. The number of rotatable bonds is 6. The van der Waals surface area contributed by atoms with Crippen molar-refractivity contribution in [3.8, 4) is 5.75 Å². The van der Waals surface area contributed by atoms with E-state index in [0.29, 0.717) is 0 Å². The molecule has 0 aromatic heterocycles. The maximum atomic E-state index is 12.2. The van der Waals surface area contributed by atoms with Crippen LogP contribution < -0.4 is 10.1 Å². The molecule has 2 aromatic rings. The molecule has 0 unspecified atom stereocenters. The average molecular weight is 327 g/mol. The largest absolute Gasteiger partial charge is 0.496 e. The molecule has 1 amide bonds. The number of hydrogen-bond donors (Lipinski definition) is 1. The molecular formula is C19H21NO2S. The minimum absolute atomic E-state index is 0.144. The molecule has 120 valence electrons. The van der Waals surface area contributed by atoms with Crippen LogP contribution in [-0.4, -0.2) is 19.3 Å². The number of amides is 1. The molecule has 0 saturated heterocycles. The molecule has 1 N–H and O–H groups in total. The van der Waals surface area contributed by atoms with E-state index >= 15 is 0 Å². The van der Waals surface area contributed by atoms with E-state index < -0.39 is 0 Å². The number of benzene rings is 2. The van der Waals surface area contributed by atoms with E-state index in [9.17, 15) is 4.79 Å². The Morgan fingerprint density at radius 2 is 2.00 bits per heavy atom. The van der Waals surface area contributed by atoms with E-state index in [0.717, 1.165) is 28.3 Å². The van der Waals surface area contributed by atoms with Gasteiger partial charge < -0.3 is 10.1 Å². The summed E-state index contributed by atoms with van der Waals surface area (Å²) >= 11 is 1.76. The Morgan fingerprint density at radius 1 is 1.22 bits per heavy atom. The van der Waals surface area contributed by atoms with Gasteiger partial charge in [-0.1, -0.05) is 30.3 Å². The lowest BCUT2D eigenvalue weighted by Crippen LogP contribution is -2.08. The lowest BCUT2D eigenvalue weighted by atomic mass is 10.1. The molecule has 0 fully saturated rings. The third-order valence-corrected chi connectivity index (χ3v) is 4.01. The van der Waals surface area contributed by atoms with Gasteiger partial charge in [-0.05, 0) is 42.5 Å². The van der Waals surface area contributed by atoms with Gasteiger partial charge in [-0.3, -0.25) is 4.79 Å². The van der Waals surface area contributed by atoms with Crippen molar-refractivity contribution in [3.05, 3.63) is 65.7 Å². The van der Waals surface area contributed by atoms with Gasteiger partial charge >= 0.3 is 0 Å². The average Bonchev–Trinajstić information content (AvgIpc) is 2.55. The second kappa shape index (κ2) is 8.44. The van der Waals surface area contributed by atoms with Gasteiger partial charge in [0, 0.05) is 23.1 Å². The van der Waals surface area contributed by atoms with Gasteiger partial charge in [0.05, 0.1) is 7.11 Å². The summed E-state index contributed by atoms with van der Waals surface area (Å²) in [6, 6.07) is 15.6. The fourth-order valence-corrected chi connectivity index (χ4v) is 2.84. The number of ether oxygens (including phenoxy) is 1. The number of thioether (sulfide) groups is 1. The molecule has 2 rings (SSSR count). The molecule has 0 aliphatic carbocycles. The molecule has 0 bridgehead atoms. The highest BCUT2D eigenvalue weighted by atomic mass is 32.2. The van der Waals surface area contributed by atoms with E-state index in [4.69, 9.17) is 4.74 Å². The summed E-state index contributed by atoms with van der Waals surface area (Å²) in [6.07, 6.45) is 3.66. The van der Waals surface area contributed by atoms with Crippen LogP contribution in [0.2, 0.25) is 0 Å². The predicted octanol–water partition coefficient (Wildman–Crippen LogP) is 4.60. The second-order valence-electron chi connectivity index (χ2n) is 5.15. The molecule has 0 radical (unpaired) electrons. The lowest BCUT2D eigenvalue weighted by Gasteiger charge is -2.09. The van der Waals surface area contributed by atoms with E-state index in [1.807, 2.05) is 49.4 Å². The van der Waals surface area contributed by atoms with Crippen LogP contribution in [0.25, 0.3) is 5.57 Å². The quantitative estimate of drug-likeness (QED) is 0.788. The summed E-state index contributed by atoms with van der Waals surface area (Å²) < 4.78 is 5.33. The lowest BCUT2D eigenvalue weighted by molar-refractivity contribution is -0.111. The minimum Gasteiger partial charge on any atom is -0.496 e. The molecular weight excluding hydrogens is 306 g/mol. The number of allylic oxidation sites excluding steroid dienone is 1. The van der Waals surface area contributed by atoms with Crippen LogP contribution >= 0.6 is 11.8 Å². The van der Waals surface area contributed by atoms with E-state index in [2.05, 4.69) is 17.6 Å². The van der Waals surface area contributed by atoms with Gasteiger partial charge in [-0.25, -0.2) is 0 Å². The summed E-state index contributed by atoms with van der Waals surface area (Å²) in [5.41, 5.74) is 3.79. The maximum Gasteiger partial charge on any atom is 0.248 e. The van der Waals surface area contributed by atoms with Gasteiger partial charge in [0.2, 0.25) is 5.91 Å². The number of carbonyl (C=O) groups is 1. The smallest absolute Gasteiger partial charge is 0.248 e. The molecule has 0 heterocycles. The Bertz CT molecular complexity index is 710. The monoisotopic (exact) mass is 327 g/mol. The first-order chi connectivity index (χ1) is 11.1. The standard InChI is InChI=1S/C19H21NO2S/c1-14(17-9-4-5-10-18(17)22-2)11-19(21)20-16-8-6-7-15(12-16)13-23-3/h4-12H,13H2,1-3H3,(H,20,21)/b14-11+. The summed E-state index contributed by atoms with van der Waals surface area (Å²) in [6.45, 7) is 1.90. The number of hydrogen-bond acceptors (Lipinski definition) is 3. The Kier molecular flexibility index (Phi) is 6.29. The van der Waals surface area contributed by atoms with Crippen molar-refractivity contribution in [2.24, 2.45) is 0 Å². The molecule has 0 saturated carbocycles. The van der Waals surface area contributed by atoms with E-state index in [-0.39, 0.29) is 5.91 Å². The van der Waals surface area contributed by atoms with Crippen LogP contribution in [0.4, 0.5) is 5.69 Å². The molecule has 4 heteroatoms. The van der Waals surface area contributed by atoms with Crippen LogP contribution in [0.3, 0.4) is 0 Å². The molecule has 23 heavy (non-hydrogen) atoms. The zero-order chi connectivity index (χ0) is 16.7.